The molecule has 1 N–H and O–H groups in total. The van der Waals surface area contributed by atoms with Crippen LogP contribution in [0, 0.1) is 5.92 Å². The molecule has 19 heavy (non-hydrogen) atoms. The van der Waals surface area contributed by atoms with Crippen molar-refractivity contribution >= 4 is 11.8 Å². The highest BCUT2D eigenvalue weighted by molar-refractivity contribution is 7.99. The first kappa shape index (κ1) is 14.8. The first-order chi connectivity index (χ1) is 9.13. The van der Waals surface area contributed by atoms with Gasteiger partial charge in [-0.1, -0.05) is 18.7 Å². The fourth-order valence-electron chi connectivity index (χ4n) is 2.34. The molecule has 0 aromatic carbocycles. The second kappa shape index (κ2) is 6.72. The topological polar surface area (TPSA) is 60.2 Å². The van der Waals surface area contributed by atoms with Crippen LogP contribution in [0.15, 0.2) is 11.5 Å². The van der Waals surface area contributed by atoms with Crippen molar-refractivity contribution in [2.24, 2.45) is 5.92 Å². The van der Waals surface area contributed by atoms with Crippen molar-refractivity contribution in [3.8, 4) is 0 Å². The lowest BCUT2D eigenvalue weighted by molar-refractivity contribution is 0.0149. The maximum Gasteiger partial charge on any atom is 0.191 e. The van der Waals surface area contributed by atoms with E-state index in [4.69, 9.17) is 4.74 Å². The van der Waals surface area contributed by atoms with Gasteiger partial charge in [0.05, 0.1) is 12.2 Å². The Labute approximate surface area is 118 Å². The van der Waals surface area contributed by atoms with Gasteiger partial charge in [0.2, 0.25) is 0 Å². The predicted octanol–water partition coefficient (Wildman–Crippen LogP) is 1.96. The van der Waals surface area contributed by atoms with E-state index in [1.54, 1.807) is 25.2 Å². The molecule has 0 bridgehead atoms. The summed E-state index contributed by atoms with van der Waals surface area (Å²) in [5.74, 6) is 1.45. The van der Waals surface area contributed by atoms with Crippen molar-refractivity contribution < 1.29 is 9.84 Å². The molecule has 1 saturated carbocycles. The van der Waals surface area contributed by atoms with Crippen LogP contribution in [0.2, 0.25) is 0 Å². The summed E-state index contributed by atoms with van der Waals surface area (Å²) in [7, 11) is 1.68. The minimum Gasteiger partial charge on any atom is -0.389 e. The van der Waals surface area contributed by atoms with E-state index < -0.39 is 5.60 Å². The molecule has 1 aliphatic rings. The minimum absolute atomic E-state index is 0.533. The van der Waals surface area contributed by atoms with E-state index in [1.807, 2.05) is 4.57 Å². The van der Waals surface area contributed by atoms with Gasteiger partial charge in [0, 0.05) is 19.4 Å². The van der Waals surface area contributed by atoms with E-state index in [2.05, 4.69) is 17.1 Å². The highest BCUT2D eigenvalue weighted by Gasteiger charge is 2.32. The predicted molar refractivity (Wildman–Crippen MR) is 75.2 cm³/mol. The molecule has 1 aromatic rings. The summed E-state index contributed by atoms with van der Waals surface area (Å²) in [5.41, 5.74) is -0.533. The SMILES string of the molecule is COCCn1cnnc1SCC1(O)CCC(C)CC1. The molecule has 0 atom stereocenters. The van der Waals surface area contributed by atoms with Crippen LogP contribution < -0.4 is 0 Å². The average Bonchev–Trinajstić information content (AvgIpc) is 2.85. The third-order valence-electron chi connectivity index (χ3n) is 3.79. The standard InChI is InChI=1S/C13H23N3O2S/c1-11-3-5-13(17,6-4-11)9-19-12-15-14-10-16(12)7-8-18-2/h10-11,17H,3-9H2,1-2H3. The quantitative estimate of drug-likeness (QED) is 0.810. The first-order valence-electron chi connectivity index (χ1n) is 6.85. The van der Waals surface area contributed by atoms with Crippen LogP contribution in [0.5, 0.6) is 0 Å². The Morgan fingerprint density at radius 1 is 1.53 bits per heavy atom. The van der Waals surface area contributed by atoms with Crippen LogP contribution in [0.1, 0.15) is 32.6 Å². The molecule has 1 fully saturated rings. The van der Waals surface area contributed by atoms with Crippen LogP contribution in [0.4, 0.5) is 0 Å². The molecule has 1 aliphatic carbocycles. The summed E-state index contributed by atoms with van der Waals surface area (Å²) in [4.78, 5) is 0. The summed E-state index contributed by atoms with van der Waals surface area (Å²) < 4.78 is 7.04. The fourth-order valence-corrected chi connectivity index (χ4v) is 3.44. The molecule has 5 nitrogen and oxygen atoms in total. The van der Waals surface area contributed by atoms with Gasteiger partial charge in [-0.25, -0.2) is 0 Å². The maximum absolute atomic E-state index is 10.6. The molecule has 6 heteroatoms. The number of aromatic nitrogens is 3. The number of nitrogens with zero attached hydrogens (tertiary/aromatic N) is 3. The molecule has 2 rings (SSSR count). The van der Waals surface area contributed by atoms with Crippen molar-refractivity contribution in [2.45, 2.75) is 49.9 Å². The van der Waals surface area contributed by atoms with Gasteiger partial charge < -0.3 is 14.4 Å². The van der Waals surface area contributed by atoms with E-state index in [0.717, 1.165) is 43.3 Å². The van der Waals surface area contributed by atoms with Gasteiger partial charge in [0.1, 0.15) is 6.33 Å². The zero-order valence-corrected chi connectivity index (χ0v) is 12.5. The number of hydrogen-bond acceptors (Lipinski definition) is 5. The van der Waals surface area contributed by atoms with Crippen LogP contribution in [-0.4, -0.2) is 44.9 Å². The number of thioether (sulfide) groups is 1. The monoisotopic (exact) mass is 285 g/mol. The fraction of sp³-hybridized carbons (Fsp3) is 0.846. The Hall–Kier alpha value is -0.590. The maximum atomic E-state index is 10.6. The van der Waals surface area contributed by atoms with Crippen molar-refractivity contribution in [3.63, 3.8) is 0 Å². The van der Waals surface area contributed by atoms with E-state index in [1.165, 1.54) is 0 Å². The van der Waals surface area contributed by atoms with Gasteiger partial charge >= 0.3 is 0 Å². The second-order valence-corrected chi connectivity index (χ2v) is 6.44. The van der Waals surface area contributed by atoms with Crippen molar-refractivity contribution in [1.82, 2.24) is 14.8 Å². The second-order valence-electron chi connectivity index (χ2n) is 5.50. The molecule has 1 heterocycles. The van der Waals surface area contributed by atoms with Gasteiger partial charge in [-0.05, 0) is 31.6 Å². The Balaban J connectivity index is 1.86. The zero-order chi connectivity index (χ0) is 13.7. The number of methoxy groups -OCH3 is 1. The summed E-state index contributed by atoms with van der Waals surface area (Å²) in [5, 5.41) is 19.5. The lowest BCUT2D eigenvalue weighted by Gasteiger charge is -2.34. The summed E-state index contributed by atoms with van der Waals surface area (Å²) in [6.45, 7) is 3.66. The zero-order valence-electron chi connectivity index (χ0n) is 11.7. The third kappa shape index (κ3) is 4.19. The van der Waals surface area contributed by atoms with Gasteiger partial charge in [-0.3, -0.25) is 0 Å². The number of hydrogen-bond donors (Lipinski definition) is 1. The Kier molecular flexibility index (Phi) is 5.24. The smallest absolute Gasteiger partial charge is 0.191 e. The summed E-state index contributed by atoms with van der Waals surface area (Å²) in [6.07, 6.45) is 5.75. The summed E-state index contributed by atoms with van der Waals surface area (Å²) in [6, 6.07) is 0. The third-order valence-corrected chi connectivity index (χ3v) is 5.05. The van der Waals surface area contributed by atoms with Crippen LogP contribution in [-0.2, 0) is 11.3 Å². The molecule has 1 aromatic heterocycles. The van der Waals surface area contributed by atoms with Gasteiger partial charge in [-0.15, -0.1) is 10.2 Å². The van der Waals surface area contributed by atoms with Crippen molar-refractivity contribution in [2.75, 3.05) is 19.5 Å². The molecular weight excluding hydrogens is 262 g/mol. The molecule has 108 valence electrons. The number of ether oxygens (including phenoxy) is 1. The van der Waals surface area contributed by atoms with Gasteiger partial charge in [0.25, 0.3) is 0 Å². The Morgan fingerprint density at radius 3 is 2.95 bits per heavy atom. The minimum atomic E-state index is -0.533. The van der Waals surface area contributed by atoms with Crippen LogP contribution in [0.3, 0.4) is 0 Å². The highest BCUT2D eigenvalue weighted by Crippen LogP contribution is 2.35. The summed E-state index contributed by atoms with van der Waals surface area (Å²) >= 11 is 1.59. The molecular formula is C13H23N3O2S. The van der Waals surface area contributed by atoms with Gasteiger partial charge in [-0.2, -0.15) is 0 Å². The number of rotatable bonds is 6. The van der Waals surface area contributed by atoms with Crippen molar-refractivity contribution in [3.05, 3.63) is 6.33 Å². The van der Waals surface area contributed by atoms with E-state index in [0.29, 0.717) is 12.4 Å². The molecule has 0 unspecified atom stereocenters. The molecule has 0 amide bonds. The lowest BCUT2D eigenvalue weighted by Crippen LogP contribution is -2.36. The largest absolute Gasteiger partial charge is 0.389 e. The van der Waals surface area contributed by atoms with E-state index >= 15 is 0 Å². The molecule has 0 aliphatic heterocycles. The van der Waals surface area contributed by atoms with E-state index in [-0.39, 0.29) is 0 Å². The van der Waals surface area contributed by atoms with E-state index in [9.17, 15) is 5.11 Å². The average molecular weight is 285 g/mol. The number of aliphatic hydroxyl groups is 1. The first-order valence-corrected chi connectivity index (χ1v) is 7.83. The van der Waals surface area contributed by atoms with Crippen LogP contribution in [0.25, 0.3) is 0 Å². The van der Waals surface area contributed by atoms with Crippen molar-refractivity contribution in [1.29, 1.82) is 0 Å². The lowest BCUT2D eigenvalue weighted by atomic mass is 9.81. The Bertz CT molecular complexity index is 389. The highest BCUT2D eigenvalue weighted by atomic mass is 32.2. The molecule has 0 spiro atoms. The molecule has 0 saturated heterocycles. The Morgan fingerprint density at radius 2 is 2.26 bits per heavy atom. The van der Waals surface area contributed by atoms with Gasteiger partial charge in [0.15, 0.2) is 5.16 Å². The molecule has 0 radical (unpaired) electrons. The van der Waals surface area contributed by atoms with Crippen LogP contribution >= 0.6 is 11.8 Å². The normalized spacial score (nSPS) is 27.6.